The molecule has 1 aromatic rings. The van der Waals surface area contributed by atoms with E-state index in [1.54, 1.807) is 12.1 Å². The predicted molar refractivity (Wildman–Crippen MR) is 74.6 cm³/mol. The third-order valence-electron chi connectivity index (χ3n) is 4.38. The van der Waals surface area contributed by atoms with Gasteiger partial charge in [0.1, 0.15) is 0 Å². The van der Waals surface area contributed by atoms with Crippen LogP contribution in [0, 0.1) is 6.92 Å². The van der Waals surface area contributed by atoms with Crippen molar-refractivity contribution in [3.63, 3.8) is 0 Å². The molecule has 1 heterocycles. The van der Waals surface area contributed by atoms with Gasteiger partial charge in [-0.2, -0.15) is 0 Å². The highest BCUT2D eigenvalue weighted by atomic mass is 16.4. The number of benzene rings is 1. The molecule has 0 unspecified atom stereocenters. The average molecular weight is 287 g/mol. The molecule has 2 aliphatic rings. The van der Waals surface area contributed by atoms with Crippen molar-refractivity contribution >= 4 is 17.8 Å². The summed E-state index contributed by atoms with van der Waals surface area (Å²) in [6.45, 7) is 1.84. The summed E-state index contributed by atoms with van der Waals surface area (Å²) < 4.78 is 0. The van der Waals surface area contributed by atoms with E-state index in [4.69, 9.17) is 0 Å². The summed E-state index contributed by atoms with van der Waals surface area (Å²) >= 11 is 0. The topological polar surface area (TPSA) is 74.7 Å². The molecule has 1 aliphatic carbocycles. The van der Waals surface area contributed by atoms with Crippen LogP contribution >= 0.6 is 0 Å². The lowest BCUT2D eigenvalue weighted by Gasteiger charge is -2.27. The zero-order valence-electron chi connectivity index (χ0n) is 11.8. The normalized spacial score (nSPS) is 25.5. The highest BCUT2D eigenvalue weighted by Crippen LogP contribution is 2.44. The van der Waals surface area contributed by atoms with E-state index < -0.39 is 11.4 Å². The Kier molecular flexibility index (Phi) is 3.08. The first-order valence-electron chi connectivity index (χ1n) is 7.10. The molecule has 2 amide bonds. The van der Waals surface area contributed by atoms with E-state index in [0.717, 1.165) is 18.4 Å². The minimum atomic E-state index is -1.24. The van der Waals surface area contributed by atoms with Crippen molar-refractivity contribution in [2.24, 2.45) is 0 Å². The number of aliphatic carboxylic acids is 1. The second-order valence-electron chi connectivity index (χ2n) is 5.94. The van der Waals surface area contributed by atoms with Gasteiger partial charge in [-0.3, -0.25) is 19.3 Å². The maximum atomic E-state index is 12.8. The summed E-state index contributed by atoms with van der Waals surface area (Å²) in [4.78, 5) is 37.7. The van der Waals surface area contributed by atoms with Gasteiger partial charge in [-0.05, 0) is 30.9 Å². The summed E-state index contributed by atoms with van der Waals surface area (Å²) in [7, 11) is 0. The summed E-state index contributed by atoms with van der Waals surface area (Å²) in [6, 6.07) is 7.21. The quantitative estimate of drug-likeness (QED) is 0.854. The standard InChI is InChI=1S/C16H17NO4/c1-10-4-2-3-5-12(10)16(9-14(19)20)8-13(18)17(15(16)21)11-6-7-11/h2-5,11H,6-9H2,1H3,(H,19,20)/t16-/m1/s1. The first-order valence-corrected chi connectivity index (χ1v) is 7.10. The molecule has 0 radical (unpaired) electrons. The van der Waals surface area contributed by atoms with Crippen LogP contribution in [-0.2, 0) is 19.8 Å². The third-order valence-corrected chi connectivity index (χ3v) is 4.38. The van der Waals surface area contributed by atoms with Crippen molar-refractivity contribution < 1.29 is 19.5 Å². The molecular formula is C16H17NO4. The number of carbonyl (C=O) groups is 3. The second kappa shape index (κ2) is 4.69. The molecule has 2 fully saturated rings. The molecule has 1 atom stereocenters. The van der Waals surface area contributed by atoms with Crippen LogP contribution in [-0.4, -0.2) is 33.8 Å². The zero-order valence-corrected chi connectivity index (χ0v) is 11.8. The number of carboxylic acid groups (broad SMARTS) is 1. The Labute approximate surface area is 122 Å². The molecule has 1 aliphatic heterocycles. The second-order valence-corrected chi connectivity index (χ2v) is 5.94. The van der Waals surface area contributed by atoms with Gasteiger partial charge in [0, 0.05) is 12.5 Å². The van der Waals surface area contributed by atoms with Crippen LogP contribution in [0.5, 0.6) is 0 Å². The number of imide groups is 1. The van der Waals surface area contributed by atoms with Gasteiger partial charge in [-0.15, -0.1) is 0 Å². The lowest BCUT2D eigenvalue weighted by molar-refractivity contribution is -0.145. The first kappa shape index (κ1) is 13.8. The van der Waals surface area contributed by atoms with Gasteiger partial charge in [0.25, 0.3) is 0 Å². The highest BCUT2D eigenvalue weighted by Gasteiger charge is 2.57. The largest absolute Gasteiger partial charge is 0.481 e. The predicted octanol–water partition coefficient (Wildman–Crippen LogP) is 1.63. The molecule has 5 heteroatoms. The van der Waals surface area contributed by atoms with E-state index in [1.807, 2.05) is 19.1 Å². The van der Waals surface area contributed by atoms with Crippen LogP contribution in [0.15, 0.2) is 24.3 Å². The Morgan fingerprint density at radius 3 is 2.57 bits per heavy atom. The maximum absolute atomic E-state index is 12.8. The fraction of sp³-hybridized carbons (Fsp3) is 0.438. The monoisotopic (exact) mass is 287 g/mol. The van der Waals surface area contributed by atoms with Crippen LogP contribution < -0.4 is 0 Å². The Bertz CT molecular complexity index is 635. The van der Waals surface area contributed by atoms with Crippen LogP contribution in [0.4, 0.5) is 0 Å². The number of hydrogen-bond acceptors (Lipinski definition) is 3. The van der Waals surface area contributed by atoms with Gasteiger partial charge >= 0.3 is 5.97 Å². The molecule has 1 N–H and O–H groups in total. The smallest absolute Gasteiger partial charge is 0.304 e. The molecular weight excluding hydrogens is 270 g/mol. The van der Waals surface area contributed by atoms with E-state index in [0.29, 0.717) is 5.56 Å². The summed E-state index contributed by atoms with van der Waals surface area (Å²) in [6.07, 6.45) is 1.27. The van der Waals surface area contributed by atoms with Crippen molar-refractivity contribution in [2.45, 2.75) is 44.1 Å². The minimum Gasteiger partial charge on any atom is -0.481 e. The van der Waals surface area contributed by atoms with Crippen LogP contribution in [0.1, 0.15) is 36.8 Å². The van der Waals surface area contributed by atoms with E-state index in [-0.39, 0.29) is 30.7 Å². The number of rotatable bonds is 4. The lowest BCUT2D eigenvalue weighted by Crippen LogP contribution is -2.41. The Hall–Kier alpha value is -2.17. The third kappa shape index (κ3) is 2.13. The van der Waals surface area contributed by atoms with Gasteiger partial charge in [0.2, 0.25) is 11.8 Å². The molecule has 0 aromatic heterocycles. The molecule has 0 bridgehead atoms. The van der Waals surface area contributed by atoms with Crippen LogP contribution in [0.2, 0.25) is 0 Å². The Morgan fingerprint density at radius 1 is 1.33 bits per heavy atom. The van der Waals surface area contributed by atoms with Crippen molar-refractivity contribution in [1.29, 1.82) is 0 Å². The molecule has 21 heavy (non-hydrogen) atoms. The Balaban J connectivity index is 2.10. The molecule has 1 saturated carbocycles. The van der Waals surface area contributed by atoms with Crippen LogP contribution in [0.3, 0.4) is 0 Å². The molecule has 3 rings (SSSR count). The Morgan fingerprint density at radius 2 is 2.00 bits per heavy atom. The number of aryl methyl sites for hydroxylation is 1. The summed E-state index contributed by atoms with van der Waals surface area (Å²) in [5, 5.41) is 9.25. The fourth-order valence-electron chi connectivity index (χ4n) is 3.28. The molecule has 5 nitrogen and oxygen atoms in total. The van der Waals surface area contributed by atoms with E-state index in [2.05, 4.69) is 0 Å². The molecule has 0 spiro atoms. The van der Waals surface area contributed by atoms with Crippen LogP contribution in [0.25, 0.3) is 0 Å². The number of nitrogens with zero attached hydrogens (tertiary/aromatic N) is 1. The van der Waals surface area contributed by atoms with Crippen molar-refractivity contribution in [3.05, 3.63) is 35.4 Å². The van der Waals surface area contributed by atoms with Gasteiger partial charge in [-0.25, -0.2) is 0 Å². The van der Waals surface area contributed by atoms with E-state index in [1.165, 1.54) is 4.90 Å². The van der Waals surface area contributed by atoms with Crippen molar-refractivity contribution in [1.82, 2.24) is 4.90 Å². The van der Waals surface area contributed by atoms with Gasteiger partial charge < -0.3 is 5.11 Å². The van der Waals surface area contributed by atoms with Gasteiger partial charge in [0.15, 0.2) is 0 Å². The number of carbonyl (C=O) groups excluding carboxylic acids is 2. The number of amides is 2. The number of carboxylic acids is 1. The maximum Gasteiger partial charge on any atom is 0.304 e. The molecule has 110 valence electrons. The fourth-order valence-corrected chi connectivity index (χ4v) is 3.28. The number of likely N-dealkylation sites (tertiary alicyclic amines) is 1. The first-order chi connectivity index (χ1) is 9.95. The van der Waals surface area contributed by atoms with Crippen molar-refractivity contribution in [2.75, 3.05) is 0 Å². The molecule has 1 aromatic carbocycles. The lowest BCUT2D eigenvalue weighted by atomic mass is 9.74. The molecule has 1 saturated heterocycles. The average Bonchev–Trinajstić information content (AvgIpc) is 3.19. The van der Waals surface area contributed by atoms with Gasteiger partial charge in [0.05, 0.1) is 11.8 Å². The number of hydrogen-bond donors (Lipinski definition) is 1. The van der Waals surface area contributed by atoms with Crippen molar-refractivity contribution in [3.8, 4) is 0 Å². The van der Waals surface area contributed by atoms with E-state index in [9.17, 15) is 19.5 Å². The highest BCUT2D eigenvalue weighted by molar-refractivity contribution is 6.11. The summed E-state index contributed by atoms with van der Waals surface area (Å²) in [5.41, 5.74) is 0.267. The van der Waals surface area contributed by atoms with Gasteiger partial charge in [-0.1, -0.05) is 24.3 Å². The minimum absolute atomic E-state index is 0.0234. The summed E-state index contributed by atoms with van der Waals surface area (Å²) in [5.74, 6) is -1.64. The van der Waals surface area contributed by atoms with E-state index >= 15 is 0 Å². The SMILES string of the molecule is Cc1ccccc1[C@]1(CC(=O)O)CC(=O)N(C2CC2)C1=O. The zero-order chi connectivity index (χ0) is 15.2.